The van der Waals surface area contributed by atoms with E-state index >= 15 is 0 Å². The summed E-state index contributed by atoms with van der Waals surface area (Å²) in [6.07, 6.45) is 2.02. The highest BCUT2D eigenvalue weighted by Gasteiger charge is 2.24. The van der Waals surface area contributed by atoms with E-state index in [1.54, 1.807) is 0 Å². The first-order valence-electron chi connectivity index (χ1n) is 7.75. The van der Waals surface area contributed by atoms with Gasteiger partial charge in [0.25, 0.3) is 0 Å². The Morgan fingerprint density at radius 3 is 2.86 bits per heavy atom. The van der Waals surface area contributed by atoms with Crippen LogP contribution in [0.25, 0.3) is 10.9 Å². The first-order valence-corrected chi connectivity index (χ1v) is 9.23. The van der Waals surface area contributed by atoms with Crippen LogP contribution in [0.4, 0.5) is 0 Å². The highest BCUT2D eigenvalue weighted by atomic mass is 32.2. The summed E-state index contributed by atoms with van der Waals surface area (Å²) >= 11 is 0. The van der Waals surface area contributed by atoms with Gasteiger partial charge in [0.15, 0.2) is 0 Å². The number of benzene rings is 1. The summed E-state index contributed by atoms with van der Waals surface area (Å²) in [7, 11) is -1.58. The molecule has 5 nitrogen and oxygen atoms in total. The summed E-state index contributed by atoms with van der Waals surface area (Å²) in [6, 6.07) is 7.63. The molecule has 2 heterocycles. The maximum atomic E-state index is 12.7. The van der Waals surface area contributed by atoms with Crippen LogP contribution in [0.15, 0.2) is 29.2 Å². The Balaban J connectivity index is 1.84. The Kier molecular flexibility index (Phi) is 4.25. The van der Waals surface area contributed by atoms with E-state index in [-0.39, 0.29) is 0 Å². The highest BCUT2D eigenvalue weighted by molar-refractivity contribution is 7.89. The van der Waals surface area contributed by atoms with Crippen molar-refractivity contribution in [3.05, 3.63) is 30.0 Å². The molecule has 0 saturated carbocycles. The molecule has 0 aliphatic carbocycles. The number of fused-ring (bicyclic) bond motifs is 1. The van der Waals surface area contributed by atoms with Gasteiger partial charge in [0.05, 0.1) is 0 Å². The molecule has 2 N–H and O–H groups in total. The first-order chi connectivity index (χ1) is 10.5. The summed E-state index contributed by atoms with van der Waals surface area (Å²) in [6.45, 7) is 4.39. The number of hydrogen-bond donors (Lipinski definition) is 2. The van der Waals surface area contributed by atoms with Crippen LogP contribution in [0, 0.1) is 12.8 Å². The molecule has 0 radical (unpaired) electrons. The molecular formula is C16H23N3O2S. The Labute approximate surface area is 131 Å². The van der Waals surface area contributed by atoms with Crippen LogP contribution in [0.3, 0.4) is 0 Å². The van der Waals surface area contributed by atoms with Gasteiger partial charge in [0.1, 0.15) is 4.90 Å². The molecule has 0 bridgehead atoms. The molecule has 6 heteroatoms. The van der Waals surface area contributed by atoms with Gasteiger partial charge in [0, 0.05) is 30.2 Å². The highest BCUT2D eigenvalue weighted by Crippen LogP contribution is 2.28. The third kappa shape index (κ3) is 2.78. The molecule has 1 fully saturated rings. The zero-order valence-electron chi connectivity index (χ0n) is 13.1. The molecule has 0 spiro atoms. The summed E-state index contributed by atoms with van der Waals surface area (Å²) in [5, 5.41) is 4.10. The summed E-state index contributed by atoms with van der Waals surface area (Å²) < 4.78 is 30.1. The van der Waals surface area contributed by atoms with Crippen molar-refractivity contribution in [1.82, 2.24) is 14.6 Å². The van der Waals surface area contributed by atoms with Crippen molar-refractivity contribution in [2.75, 3.05) is 19.6 Å². The zero-order chi connectivity index (χ0) is 15.7. The van der Waals surface area contributed by atoms with Crippen LogP contribution >= 0.6 is 0 Å². The maximum absolute atomic E-state index is 12.7. The van der Waals surface area contributed by atoms with Crippen LogP contribution in [0.1, 0.15) is 18.5 Å². The molecule has 1 aliphatic rings. The van der Waals surface area contributed by atoms with Gasteiger partial charge in [-0.3, -0.25) is 0 Å². The van der Waals surface area contributed by atoms with Crippen LogP contribution in [-0.4, -0.2) is 32.6 Å². The largest absolute Gasteiger partial charge is 0.347 e. The van der Waals surface area contributed by atoms with Crippen molar-refractivity contribution in [3.8, 4) is 0 Å². The molecule has 0 amide bonds. The zero-order valence-corrected chi connectivity index (χ0v) is 13.9. The fraction of sp³-hybridized carbons (Fsp3) is 0.500. The Morgan fingerprint density at radius 1 is 1.36 bits per heavy atom. The van der Waals surface area contributed by atoms with Crippen LogP contribution in [0.2, 0.25) is 0 Å². The lowest BCUT2D eigenvalue weighted by atomic mass is 10.1. The summed E-state index contributed by atoms with van der Waals surface area (Å²) in [4.78, 5) is 0.412. The Morgan fingerprint density at radius 2 is 2.14 bits per heavy atom. The molecule has 3 rings (SSSR count). The number of aromatic nitrogens is 1. The average Bonchev–Trinajstić information content (AvgIpc) is 3.07. The smallest absolute Gasteiger partial charge is 0.242 e. The van der Waals surface area contributed by atoms with E-state index in [1.165, 1.54) is 0 Å². The molecule has 1 aromatic heterocycles. The number of sulfonamides is 1. The molecule has 1 aromatic carbocycles. The van der Waals surface area contributed by atoms with Crippen molar-refractivity contribution in [2.45, 2.75) is 24.7 Å². The van der Waals surface area contributed by atoms with Crippen LogP contribution < -0.4 is 10.0 Å². The third-order valence-corrected chi connectivity index (χ3v) is 6.25. The van der Waals surface area contributed by atoms with E-state index in [2.05, 4.69) is 10.0 Å². The number of aryl methyl sites for hydroxylation is 1. The first kappa shape index (κ1) is 15.5. The number of para-hydroxylation sites is 1. The molecule has 1 saturated heterocycles. The molecule has 120 valence electrons. The molecule has 1 atom stereocenters. The van der Waals surface area contributed by atoms with Crippen LogP contribution in [-0.2, 0) is 17.1 Å². The van der Waals surface area contributed by atoms with Crippen LogP contribution in [0.5, 0.6) is 0 Å². The van der Waals surface area contributed by atoms with Crippen molar-refractivity contribution in [2.24, 2.45) is 13.0 Å². The SMILES string of the molecule is Cc1c(S(=O)(=O)NCCC2CCNC2)c2ccccc2n1C. The normalized spacial score (nSPS) is 19.1. The number of nitrogens with zero attached hydrogens (tertiary/aromatic N) is 1. The second kappa shape index (κ2) is 6.02. The Hall–Kier alpha value is -1.37. The predicted molar refractivity (Wildman–Crippen MR) is 88.4 cm³/mol. The molecule has 1 unspecified atom stereocenters. The third-order valence-electron chi connectivity index (χ3n) is 4.62. The van der Waals surface area contributed by atoms with E-state index in [4.69, 9.17) is 0 Å². The van der Waals surface area contributed by atoms with Crippen molar-refractivity contribution < 1.29 is 8.42 Å². The fourth-order valence-electron chi connectivity index (χ4n) is 3.26. The average molecular weight is 321 g/mol. The predicted octanol–water partition coefficient (Wildman–Crippen LogP) is 1.76. The second-order valence-corrected chi connectivity index (χ2v) is 7.74. The lowest BCUT2D eigenvalue weighted by Crippen LogP contribution is -2.27. The van der Waals surface area contributed by atoms with Gasteiger partial charge >= 0.3 is 0 Å². The Bertz CT molecular complexity index is 774. The van der Waals surface area contributed by atoms with E-state index < -0.39 is 10.0 Å². The van der Waals surface area contributed by atoms with E-state index in [9.17, 15) is 8.42 Å². The lowest BCUT2D eigenvalue weighted by Gasteiger charge is -2.10. The van der Waals surface area contributed by atoms with Crippen molar-refractivity contribution in [1.29, 1.82) is 0 Å². The molecule has 1 aliphatic heterocycles. The topological polar surface area (TPSA) is 63.1 Å². The number of hydrogen-bond acceptors (Lipinski definition) is 3. The minimum Gasteiger partial charge on any atom is -0.347 e. The fourth-order valence-corrected chi connectivity index (χ4v) is 4.77. The van der Waals surface area contributed by atoms with Crippen molar-refractivity contribution in [3.63, 3.8) is 0 Å². The van der Waals surface area contributed by atoms with Gasteiger partial charge in [-0.2, -0.15) is 0 Å². The summed E-state index contributed by atoms with van der Waals surface area (Å²) in [5.74, 6) is 0.580. The quantitative estimate of drug-likeness (QED) is 0.882. The van der Waals surface area contributed by atoms with Gasteiger partial charge < -0.3 is 9.88 Å². The maximum Gasteiger partial charge on any atom is 0.242 e. The van der Waals surface area contributed by atoms with Gasteiger partial charge in [-0.15, -0.1) is 0 Å². The van der Waals surface area contributed by atoms with E-state index in [1.807, 2.05) is 42.8 Å². The van der Waals surface area contributed by atoms with Gasteiger partial charge in [-0.05, 0) is 44.8 Å². The van der Waals surface area contributed by atoms with Gasteiger partial charge in [-0.1, -0.05) is 18.2 Å². The van der Waals surface area contributed by atoms with Gasteiger partial charge in [0.2, 0.25) is 10.0 Å². The standard InChI is InChI=1S/C16H23N3O2S/c1-12-16(14-5-3-4-6-15(14)19(12)2)22(20,21)18-10-8-13-7-9-17-11-13/h3-6,13,17-18H,7-11H2,1-2H3. The molecule has 22 heavy (non-hydrogen) atoms. The van der Waals surface area contributed by atoms with Crippen molar-refractivity contribution >= 4 is 20.9 Å². The molecular weight excluding hydrogens is 298 g/mol. The monoisotopic (exact) mass is 321 g/mol. The van der Waals surface area contributed by atoms with E-state index in [0.29, 0.717) is 17.4 Å². The van der Waals surface area contributed by atoms with E-state index in [0.717, 1.165) is 42.5 Å². The minimum absolute atomic E-state index is 0.412. The summed E-state index contributed by atoms with van der Waals surface area (Å²) in [5.41, 5.74) is 1.72. The number of nitrogens with one attached hydrogen (secondary N) is 2. The molecule has 2 aromatic rings. The second-order valence-electron chi connectivity index (χ2n) is 6.04. The minimum atomic E-state index is -3.48. The lowest BCUT2D eigenvalue weighted by molar-refractivity contribution is 0.519. The number of rotatable bonds is 5. The van der Waals surface area contributed by atoms with Gasteiger partial charge in [-0.25, -0.2) is 13.1 Å².